The summed E-state index contributed by atoms with van der Waals surface area (Å²) in [5, 5.41) is 11.5. The van der Waals surface area contributed by atoms with Crippen molar-refractivity contribution in [1.29, 1.82) is 0 Å². The van der Waals surface area contributed by atoms with E-state index in [0.717, 1.165) is 0 Å². The number of H-pyrrole nitrogens is 1. The van der Waals surface area contributed by atoms with Gasteiger partial charge in [0.25, 0.3) is 5.56 Å². The summed E-state index contributed by atoms with van der Waals surface area (Å²) in [7, 11) is 0. The predicted molar refractivity (Wildman–Crippen MR) is 130 cm³/mol. The van der Waals surface area contributed by atoms with E-state index in [9.17, 15) is 19.2 Å². The third-order valence-electron chi connectivity index (χ3n) is 4.92. The zero-order valence-corrected chi connectivity index (χ0v) is 19.2. The normalized spacial score (nSPS) is 14.6. The molecule has 0 unspecified atom stereocenters. The smallest absolute Gasteiger partial charge is 0.258 e. The molecule has 0 aliphatic carbocycles. The monoisotopic (exact) mass is 500 g/mol. The number of hydrogen-bond acceptors (Lipinski definition) is 6. The molecule has 3 aromatic rings. The zero-order chi connectivity index (χ0) is 24.4. The number of carbonyl (C=O) groups excluding carboxylic acids is 3. The number of amides is 3. The van der Waals surface area contributed by atoms with E-state index >= 15 is 0 Å². The zero-order valence-electron chi connectivity index (χ0n) is 17.7. The summed E-state index contributed by atoms with van der Waals surface area (Å²) >= 11 is 12.1. The van der Waals surface area contributed by atoms with Crippen LogP contribution in [0.5, 0.6) is 0 Å². The predicted octanol–water partition coefficient (Wildman–Crippen LogP) is 3.84. The van der Waals surface area contributed by atoms with E-state index in [2.05, 4.69) is 31.2 Å². The van der Waals surface area contributed by atoms with Crippen LogP contribution in [0.25, 0.3) is 0 Å². The van der Waals surface area contributed by atoms with Gasteiger partial charge >= 0.3 is 0 Å². The number of aromatic nitrogens is 2. The summed E-state index contributed by atoms with van der Waals surface area (Å²) in [4.78, 5) is 56.1. The number of nitrogens with one attached hydrogen (secondary N) is 5. The molecule has 1 atom stereocenters. The minimum absolute atomic E-state index is 0.0197. The van der Waals surface area contributed by atoms with Gasteiger partial charge in [0, 0.05) is 29.7 Å². The molecular weight excluding hydrogens is 483 g/mol. The SMILES string of the molecule is CC(=O)Nc1ccc(NC(=O)[C@@H]2CC(=O)Nc3nc(Nc4ccc(Cl)cc4Cl)[nH]c(=O)c32)cc1. The van der Waals surface area contributed by atoms with Crippen LogP contribution in [0.3, 0.4) is 0 Å². The number of anilines is 5. The molecule has 2 heterocycles. The van der Waals surface area contributed by atoms with Gasteiger partial charge in [0.15, 0.2) is 0 Å². The molecule has 0 saturated carbocycles. The molecule has 3 amide bonds. The second-order valence-corrected chi connectivity index (χ2v) is 8.32. The van der Waals surface area contributed by atoms with Crippen LogP contribution in [0, 0.1) is 0 Å². The Balaban J connectivity index is 1.58. The van der Waals surface area contributed by atoms with E-state index in [-0.39, 0.29) is 29.7 Å². The third-order valence-corrected chi connectivity index (χ3v) is 5.47. The highest BCUT2D eigenvalue weighted by Gasteiger charge is 2.34. The molecule has 0 saturated heterocycles. The summed E-state index contributed by atoms with van der Waals surface area (Å²) in [6.45, 7) is 1.39. The number of rotatable bonds is 5. The Morgan fingerprint density at radius 2 is 1.71 bits per heavy atom. The maximum Gasteiger partial charge on any atom is 0.258 e. The van der Waals surface area contributed by atoms with Crippen LogP contribution in [0.2, 0.25) is 10.0 Å². The van der Waals surface area contributed by atoms with Gasteiger partial charge < -0.3 is 21.3 Å². The molecule has 0 bridgehead atoms. The Hall–Kier alpha value is -3.89. The fraction of sp³-hybridized carbons (Fsp3) is 0.136. The first-order chi connectivity index (χ1) is 16.2. The fourth-order valence-corrected chi connectivity index (χ4v) is 3.90. The van der Waals surface area contributed by atoms with Crippen molar-refractivity contribution < 1.29 is 14.4 Å². The summed E-state index contributed by atoms with van der Waals surface area (Å²) in [6.07, 6.45) is -0.219. The van der Waals surface area contributed by atoms with Gasteiger partial charge in [0.1, 0.15) is 5.82 Å². The van der Waals surface area contributed by atoms with E-state index in [1.165, 1.54) is 13.0 Å². The van der Waals surface area contributed by atoms with Crippen molar-refractivity contribution in [1.82, 2.24) is 9.97 Å². The van der Waals surface area contributed by atoms with Crippen LogP contribution in [-0.2, 0) is 14.4 Å². The van der Waals surface area contributed by atoms with Gasteiger partial charge in [-0.15, -0.1) is 0 Å². The number of carbonyl (C=O) groups is 3. The van der Waals surface area contributed by atoms with Gasteiger partial charge in [-0.25, -0.2) is 0 Å². The average Bonchev–Trinajstić information content (AvgIpc) is 2.76. The van der Waals surface area contributed by atoms with Gasteiger partial charge in [-0.2, -0.15) is 4.98 Å². The summed E-state index contributed by atoms with van der Waals surface area (Å²) < 4.78 is 0. The first-order valence-corrected chi connectivity index (χ1v) is 10.8. The molecule has 4 rings (SSSR count). The van der Waals surface area contributed by atoms with Crippen LogP contribution in [0.15, 0.2) is 47.3 Å². The highest BCUT2D eigenvalue weighted by atomic mass is 35.5. The summed E-state index contributed by atoms with van der Waals surface area (Å²) in [5.41, 5.74) is 0.896. The highest BCUT2D eigenvalue weighted by Crippen LogP contribution is 2.31. The van der Waals surface area contributed by atoms with E-state index < -0.39 is 23.3 Å². The van der Waals surface area contributed by atoms with Crippen molar-refractivity contribution in [3.63, 3.8) is 0 Å². The Kier molecular flexibility index (Phi) is 6.53. The minimum Gasteiger partial charge on any atom is -0.326 e. The van der Waals surface area contributed by atoms with Gasteiger partial charge in [0.05, 0.1) is 22.2 Å². The van der Waals surface area contributed by atoms with Crippen LogP contribution in [0.4, 0.5) is 28.8 Å². The molecule has 0 fully saturated rings. The van der Waals surface area contributed by atoms with E-state index in [1.807, 2.05) is 0 Å². The molecule has 1 aliphatic heterocycles. The molecule has 5 N–H and O–H groups in total. The second kappa shape index (κ2) is 9.54. The Bertz CT molecular complexity index is 1360. The van der Waals surface area contributed by atoms with E-state index in [4.69, 9.17) is 23.2 Å². The second-order valence-electron chi connectivity index (χ2n) is 7.48. The molecule has 2 aromatic carbocycles. The standard InChI is InChI=1S/C22H18Cl2N6O4/c1-10(31)25-12-3-5-13(6-4-12)26-20(33)14-9-17(32)28-19-18(14)21(34)30-22(29-19)27-16-7-2-11(23)8-15(16)24/h2-8,14H,9H2,1H3,(H,25,31)(H,26,33)(H3,27,28,29,30,32,34)/t14-/m1/s1. The first-order valence-electron chi connectivity index (χ1n) is 10.0. The number of halogens is 2. The molecule has 34 heavy (non-hydrogen) atoms. The van der Waals surface area contributed by atoms with E-state index in [0.29, 0.717) is 27.1 Å². The Morgan fingerprint density at radius 3 is 2.35 bits per heavy atom. The molecule has 0 radical (unpaired) electrons. The Morgan fingerprint density at radius 1 is 1.03 bits per heavy atom. The number of aromatic amines is 1. The van der Waals surface area contributed by atoms with Crippen molar-refractivity contribution in [2.75, 3.05) is 21.3 Å². The maximum atomic E-state index is 13.0. The number of fused-ring (bicyclic) bond motifs is 1. The van der Waals surface area contributed by atoms with Crippen molar-refractivity contribution in [2.45, 2.75) is 19.3 Å². The van der Waals surface area contributed by atoms with Crippen LogP contribution < -0.4 is 26.8 Å². The van der Waals surface area contributed by atoms with Crippen LogP contribution >= 0.6 is 23.2 Å². The van der Waals surface area contributed by atoms with Gasteiger partial charge in [0.2, 0.25) is 23.7 Å². The van der Waals surface area contributed by atoms with Crippen molar-refractivity contribution in [3.05, 3.63) is 68.4 Å². The fourth-order valence-electron chi connectivity index (χ4n) is 3.44. The molecule has 10 nitrogen and oxygen atoms in total. The topological polar surface area (TPSA) is 145 Å². The molecule has 12 heteroatoms. The molecular formula is C22H18Cl2N6O4. The highest BCUT2D eigenvalue weighted by molar-refractivity contribution is 6.36. The van der Waals surface area contributed by atoms with Crippen molar-refractivity contribution >= 4 is 69.8 Å². The first kappa shape index (κ1) is 23.3. The molecule has 1 aromatic heterocycles. The van der Waals surface area contributed by atoms with Gasteiger partial charge in [-0.3, -0.25) is 24.2 Å². The van der Waals surface area contributed by atoms with Crippen LogP contribution in [0.1, 0.15) is 24.8 Å². The minimum atomic E-state index is -1.05. The number of nitrogens with zero attached hydrogens (tertiary/aromatic N) is 1. The van der Waals surface area contributed by atoms with Crippen LogP contribution in [-0.4, -0.2) is 27.7 Å². The molecule has 0 spiro atoms. The quantitative estimate of drug-likeness (QED) is 0.359. The third kappa shape index (κ3) is 5.19. The lowest BCUT2D eigenvalue weighted by molar-refractivity contribution is -0.123. The maximum absolute atomic E-state index is 13.0. The summed E-state index contributed by atoms with van der Waals surface area (Å²) in [6, 6.07) is 11.2. The van der Waals surface area contributed by atoms with Gasteiger partial charge in [-0.1, -0.05) is 23.2 Å². The van der Waals surface area contributed by atoms with Gasteiger partial charge in [-0.05, 0) is 42.5 Å². The largest absolute Gasteiger partial charge is 0.326 e. The molecule has 1 aliphatic rings. The van der Waals surface area contributed by atoms with Crippen molar-refractivity contribution in [3.8, 4) is 0 Å². The Labute approximate surface area is 203 Å². The molecule has 174 valence electrons. The van der Waals surface area contributed by atoms with E-state index in [1.54, 1.807) is 36.4 Å². The lowest BCUT2D eigenvalue weighted by Crippen LogP contribution is -2.36. The lowest BCUT2D eigenvalue weighted by Gasteiger charge is -2.23. The number of benzene rings is 2. The average molecular weight is 501 g/mol. The number of hydrogen-bond donors (Lipinski definition) is 5. The van der Waals surface area contributed by atoms with Crippen molar-refractivity contribution in [2.24, 2.45) is 0 Å². The lowest BCUT2D eigenvalue weighted by atomic mass is 9.92. The summed E-state index contributed by atoms with van der Waals surface area (Å²) in [5.74, 6) is -2.26.